The van der Waals surface area contributed by atoms with Crippen LogP contribution in [0.3, 0.4) is 0 Å². The maximum Gasteiger partial charge on any atom is 0.103 e. The van der Waals surface area contributed by atoms with E-state index >= 15 is 0 Å². The lowest BCUT2D eigenvalue weighted by Crippen LogP contribution is -3.13. The average molecular weight is 158 g/mol. The zero-order valence-electron chi connectivity index (χ0n) is 7.47. The molecule has 0 aliphatic carbocycles. The van der Waals surface area contributed by atoms with Crippen molar-refractivity contribution >= 4 is 0 Å². The number of hydrogen-bond acceptors (Lipinski definition) is 1. The van der Waals surface area contributed by atoms with E-state index in [0.717, 1.165) is 13.0 Å². The molecule has 1 aliphatic rings. The molecule has 0 amide bonds. The SMILES string of the molecule is CCC(O)C[NH+]1CCCCC1. The van der Waals surface area contributed by atoms with Gasteiger partial charge in [-0.15, -0.1) is 0 Å². The molecule has 2 nitrogen and oxygen atoms in total. The minimum atomic E-state index is -0.0666. The molecule has 0 aromatic carbocycles. The van der Waals surface area contributed by atoms with Crippen LogP contribution in [0.2, 0.25) is 0 Å². The standard InChI is InChI=1S/C9H19NO/c1-2-9(11)8-10-6-4-3-5-7-10/h9,11H,2-8H2,1H3/p+1. The highest BCUT2D eigenvalue weighted by Crippen LogP contribution is 1.95. The number of piperidine rings is 1. The fraction of sp³-hybridized carbons (Fsp3) is 1.00. The normalized spacial score (nSPS) is 23.5. The predicted octanol–water partition coefficient (Wildman–Crippen LogP) is -0.174. The van der Waals surface area contributed by atoms with Crippen LogP contribution < -0.4 is 4.90 Å². The Hall–Kier alpha value is -0.0800. The first-order valence-corrected chi connectivity index (χ1v) is 4.84. The van der Waals surface area contributed by atoms with Gasteiger partial charge in [0, 0.05) is 0 Å². The van der Waals surface area contributed by atoms with Crippen LogP contribution in [0.15, 0.2) is 0 Å². The molecule has 1 saturated heterocycles. The molecule has 11 heavy (non-hydrogen) atoms. The van der Waals surface area contributed by atoms with Crippen LogP contribution >= 0.6 is 0 Å². The number of hydrogen-bond donors (Lipinski definition) is 2. The summed E-state index contributed by atoms with van der Waals surface area (Å²) in [4.78, 5) is 1.60. The number of nitrogens with one attached hydrogen (secondary N) is 1. The molecule has 0 bridgehead atoms. The van der Waals surface area contributed by atoms with Gasteiger partial charge in [0.05, 0.1) is 13.1 Å². The van der Waals surface area contributed by atoms with Crippen molar-refractivity contribution < 1.29 is 10.0 Å². The molecule has 2 N–H and O–H groups in total. The topological polar surface area (TPSA) is 24.7 Å². The molecule has 0 aromatic heterocycles. The molecule has 1 atom stereocenters. The Morgan fingerprint density at radius 1 is 1.27 bits per heavy atom. The molecule has 66 valence electrons. The van der Waals surface area contributed by atoms with E-state index in [9.17, 15) is 5.11 Å². The van der Waals surface area contributed by atoms with E-state index in [4.69, 9.17) is 0 Å². The Morgan fingerprint density at radius 2 is 1.91 bits per heavy atom. The van der Waals surface area contributed by atoms with Crippen LogP contribution in [0.4, 0.5) is 0 Å². The number of aliphatic hydroxyl groups excluding tert-OH is 1. The number of rotatable bonds is 3. The maximum atomic E-state index is 9.39. The van der Waals surface area contributed by atoms with Gasteiger partial charge >= 0.3 is 0 Å². The van der Waals surface area contributed by atoms with Crippen LogP contribution in [0.25, 0.3) is 0 Å². The van der Waals surface area contributed by atoms with Crippen molar-refractivity contribution in [2.75, 3.05) is 19.6 Å². The van der Waals surface area contributed by atoms with Gasteiger partial charge in [0.2, 0.25) is 0 Å². The van der Waals surface area contributed by atoms with E-state index in [0.29, 0.717) is 0 Å². The molecule has 0 aromatic rings. The molecule has 0 saturated carbocycles. The first-order valence-electron chi connectivity index (χ1n) is 4.84. The minimum Gasteiger partial charge on any atom is -0.387 e. The fourth-order valence-electron chi connectivity index (χ4n) is 1.73. The van der Waals surface area contributed by atoms with Gasteiger partial charge in [-0.2, -0.15) is 0 Å². The molecule has 1 aliphatic heterocycles. The Kier molecular flexibility index (Phi) is 3.87. The van der Waals surface area contributed by atoms with Gasteiger partial charge in [-0.1, -0.05) is 6.92 Å². The molecule has 1 rings (SSSR count). The summed E-state index contributed by atoms with van der Waals surface area (Å²) in [6.07, 6.45) is 4.94. The van der Waals surface area contributed by atoms with E-state index in [1.165, 1.54) is 32.4 Å². The molecule has 1 heterocycles. The molecule has 1 unspecified atom stereocenters. The van der Waals surface area contributed by atoms with Gasteiger partial charge in [0.25, 0.3) is 0 Å². The lowest BCUT2D eigenvalue weighted by molar-refractivity contribution is -0.908. The van der Waals surface area contributed by atoms with Crippen LogP contribution in [0.1, 0.15) is 32.6 Å². The minimum absolute atomic E-state index is 0.0666. The second-order valence-electron chi connectivity index (χ2n) is 3.58. The monoisotopic (exact) mass is 158 g/mol. The largest absolute Gasteiger partial charge is 0.387 e. The summed E-state index contributed by atoms with van der Waals surface area (Å²) in [5, 5.41) is 9.39. The summed E-state index contributed by atoms with van der Waals surface area (Å²) in [5.41, 5.74) is 0. The Bertz CT molecular complexity index is 99.7. The number of aliphatic hydroxyl groups is 1. The van der Waals surface area contributed by atoms with Crippen molar-refractivity contribution in [1.29, 1.82) is 0 Å². The van der Waals surface area contributed by atoms with Gasteiger partial charge in [-0.25, -0.2) is 0 Å². The van der Waals surface area contributed by atoms with E-state index in [-0.39, 0.29) is 6.10 Å². The molecular weight excluding hydrogens is 138 g/mol. The summed E-state index contributed by atoms with van der Waals surface area (Å²) in [5.74, 6) is 0. The summed E-state index contributed by atoms with van der Waals surface area (Å²) in [7, 11) is 0. The summed E-state index contributed by atoms with van der Waals surface area (Å²) < 4.78 is 0. The van der Waals surface area contributed by atoms with Crippen molar-refractivity contribution in [3.8, 4) is 0 Å². The van der Waals surface area contributed by atoms with Gasteiger partial charge < -0.3 is 10.0 Å². The second kappa shape index (κ2) is 4.73. The Balaban J connectivity index is 2.13. The van der Waals surface area contributed by atoms with Crippen molar-refractivity contribution in [3.05, 3.63) is 0 Å². The molecule has 1 fully saturated rings. The van der Waals surface area contributed by atoms with Gasteiger partial charge in [-0.05, 0) is 25.7 Å². The highest BCUT2D eigenvalue weighted by molar-refractivity contribution is 4.51. The summed E-state index contributed by atoms with van der Waals surface area (Å²) in [6.45, 7) is 5.57. The molecule has 0 radical (unpaired) electrons. The van der Waals surface area contributed by atoms with Crippen molar-refractivity contribution in [2.24, 2.45) is 0 Å². The lowest BCUT2D eigenvalue weighted by atomic mass is 10.1. The van der Waals surface area contributed by atoms with E-state index in [2.05, 4.69) is 0 Å². The van der Waals surface area contributed by atoms with Crippen molar-refractivity contribution in [2.45, 2.75) is 38.7 Å². The predicted molar refractivity (Wildman–Crippen MR) is 45.7 cm³/mol. The van der Waals surface area contributed by atoms with Crippen LogP contribution in [-0.2, 0) is 0 Å². The molecular formula is C9H20NO+. The van der Waals surface area contributed by atoms with E-state index in [1.807, 2.05) is 6.92 Å². The quantitative estimate of drug-likeness (QED) is 0.585. The Labute approximate surface area is 69.2 Å². The van der Waals surface area contributed by atoms with E-state index < -0.39 is 0 Å². The molecule has 2 heteroatoms. The maximum absolute atomic E-state index is 9.39. The zero-order valence-corrected chi connectivity index (χ0v) is 7.47. The zero-order chi connectivity index (χ0) is 8.10. The highest BCUT2D eigenvalue weighted by atomic mass is 16.3. The third kappa shape index (κ3) is 3.21. The average Bonchev–Trinajstić information content (AvgIpc) is 2.06. The summed E-state index contributed by atoms with van der Waals surface area (Å²) in [6, 6.07) is 0. The smallest absolute Gasteiger partial charge is 0.103 e. The van der Waals surface area contributed by atoms with Gasteiger partial charge in [0.15, 0.2) is 0 Å². The first kappa shape index (κ1) is 9.01. The second-order valence-corrected chi connectivity index (χ2v) is 3.58. The van der Waals surface area contributed by atoms with Crippen LogP contribution in [-0.4, -0.2) is 30.8 Å². The van der Waals surface area contributed by atoms with Gasteiger partial charge in [-0.3, -0.25) is 0 Å². The number of likely N-dealkylation sites (tertiary alicyclic amines) is 1. The first-order chi connectivity index (χ1) is 5.33. The van der Waals surface area contributed by atoms with Crippen molar-refractivity contribution in [3.63, 3.8) is 0 Å². The number of quaternary nitrogens is 1. The van der Waals surface area contributed by atoms with Crippen LogP contribution in [0.5, 0.6) is 0 Å². The van der Waals surface area contributed by atoms with Gasteiger partial charge in [0.1, 0.15) is 12.6 Å². The van der Waals surface area contributed by atoms with Crippen LogP contribution in [0, 0.1) is 0 Å². The fourth-order valence-corrected chi connectivity index (χ4v) is 1.73. The Morgan fingerprint density at radius 3 is 2.45 bits per heavy atom. The third-order valence-electron chi connectivity index (χ3n) is 2.56. The van der Waals surface area contributed by atoms with Crippen molar-refractivity contribution in [1.82, 2.24) is 0 Å². The highest BCUT2D eigenvalue weighted by Gasteiger charge is 2.16. The lowest BCUT2D eigenvalue weighted by Gasteiger charge is -2.25. The van der Waals surface area contributed by atoms with E-state index in [1.54, 1.807) is 4.90 Å². The summed E-state index contributed by atoms with van der Waals surface area (Å²) >= 11 is 0. The third-order valence-corrected chi connectivity index (χ3v) is 2.56. The molecule has 0 spiro atoms.